The molecule has 1 aromatic rings. The molecule has 0 spiro atoms. The molecule has 126 valence electrons. The summed E-state index contributed by atoms with van der Waals surface area (Å²) in [5.74, 6) is -0.598. The molecule has 8 heteroatoms. The van der Waals surface area contributed by atoms with Gasteiger partial charge in [0.1, 0.15) is 5.69 Å². The van der Waals surface area contributed by atoms with Crippen LogP contribution in [-0.2, 0) is 14.3 Å². The smallest absolute Gasteiger partial charge is 0.310 e. The van der Waals surface area contributed by atoms with Crippen LogP contribution in [0.4, 0.5) is 11.4 Å². The fraction of sp³-hybridized carbons (Fsp3) is 0.375. The van der Waals surface area contributed by atoms with Gasteiger partial charge in [-0.2, -0.15) is 0 Å². The zero-order chi connectivity index (χ0) is 17.3. The molecule has 0 radical (unpaired) electrons. The van der Waals surface area contributed by atoms with Gasteiger partial charge in [-0.3, -0.25) is 19.7 Å². The molecule has 0 heterocycles. The van der Waals surface area contributed by atoms with E-state index in [9.17, 15) is 19.7 Å². The van der Waals surface area contributed by atoms with Crippen LogP contribution in [0.2, 0.25) is 5.02 Å². The molecule has 2 bridgehead atoms. The van der Waals surface area contributed by atoms with Crippen molar-refractivity contribution in [3.8, 4) is 0 Å². The number of esters is 1. The summed E-state index contributed by atoms with van der Waals surface area (Å²) >= 11 is 5.71. The molecule has 3 atom stereocenters. The second kappa shape index (κ2) is 6.60. The van der Waals surface area contributed by atoms with Gasteiger partial charge in [-0.25, -0.2) is 0 Å². The van der Waals surface area contributed by atoms with Crippen molar-refractivity contribution >= 4 is 34.9 Å². The Bertz CT molecular complexity index is 733. The van der Waals surface area contributed by atoms with E-state index in [4.69, 9.17) is 16.3 Å². The molecule has 3 rings (SSSR count). The number of nitrogens with one attached hydrogen (secondary N) is 1. The predicted octanol–water partition coefficient (Wildman–Crippen LogP) is 2.94. The van der Waals surface area contributed by atoms with Crippen LogP contribution >= 0.6 is 11.6 Å². The molecule has 2 aliphatic rings. The van der Waals surface area contributed by atoms with Crippen LogP contribution in [0.5, 0.6) is 0 Å². The van der Waals surface area contributed by atoms with Gasteiger partial charge in [-0.05, 0) is 36.8 Å². The maximum absolute atomic E-state index is 12.1. The lowest BCUT2D eigenvalue weighted by Gasteiger charge is -2.16. The van der Waals surface area contributed by atoms with Gasteiger partial charge in [0.25, 0.3) is 11.6 Å². The van der Waals surface area contributed by atoms with Crippen molar-refractivity contribution in [1.82, 2.24) is 0 Å². The van der Waals surface area contributed by atoms with E-state index in [-0.39, 0.29) is 28.2 Å². The van der Waals surface area contributed by atoms with Crippen LogP contribution < -0.4 is 5.32 Å². The number of ether oxygens (including phenoxy) is 1. The fourth-order valence-electron chi connectivity index (χ4n) is 3.24. The van der Waals surface area contributed by atoms with E-state index in [1.165, 1.54) is 12.1 Å². The highest BCUT2D eigenvalue weighted by atomic mass is 35.5. The summed E-state index contributed by atoms with van der Waals surface area (Å²) in [6.45, 7) is -0.476. The molecule has 24 heavy (non-hydrogen) atoms. The SMILES string of the molecule is O=C(COC(=O)[C@@H]1C[C@@H]2C=C[C@H]1C2)Nc1ccc(Cl)cc1[N+](=O)[O-]. The molecular weight excluding hydrogens is 336 g/mol. The van der Waals surface area contributed by atoms with Gasteiger partial charge in [0, 0.05) is 11.1 Å². The Labute approximate surface area is 142 Å². The van der Waals surface area contributed by atoms with E-state index in [0.29, 0.717) is 5.92 Å². The average molecular weight is 351 g/mol. The van der Waals surface area contributed by atoms with Gasteiger partial charge < -0.3 is 10.1 Å². The molecule has 1 aromatic carbocycles. The van der Waals surface area contributed by atoms with Crippen molar-refractivity contribution in [1.29, 1.82) is 0 Å². The van der Waals surface area contributed by atoms with Crippen LogP contribution in [0, 0.1) is 27.9 Å². The highest BCUT2D eigenvalue weighted by molar-refractivity contribution is 6.31. The van der Waals surface area contributed by atoms with Crippen LogP contribution in [0.15, 0.2) is 30.4 Å². The number of hydrogen-bond donors (Lipinski definition) is 1. The lowest BCUT2D eigenvalue weighted by atomic mass is 9.94. The van der Waals surface area contributed by atoms with Gasteiger partial charge in [-0.1, -0.05) is 23.8 Å². The Hall–Kier alpha value is -2.41. The zero-order valence-electron chi connectivity index (χ0n) is 12.6. The number of rotatable bonds is 5. The number of amides is 1. The van der Waals surface area contributed by atoms with Crippen LogP contribution in [0.3, 0.4) is 0 Å². The molecular formula is C16H15ClN2O5. The molecule has 1 fully saturated rings. The first-order valence-corrected chi connectivity index (χ1v) is 7.90. The van der Waals surface area contributed by atoms with Gasteiger partial charge in [0.2, 0.25) is 0 Å². The standard InChI is InChI=1S/C16H15ClN2O5/c17-11-3-4-13(14(7-11)19(22)23)18-15(20)8-24-16(21)12-6-9-1-2-10(12)5-9/h1-4,7,9-10,12H,5-6,8H2,(H,18,20)/t9-,10+,12-/m1/s1. The summed E-state index contributed by atoms with van der Waals surface area (Å²) in [7, 11) is 0. The molecule has 0 saturated heterocycles. The summed E-state index contributed by atoms with van der Waals surface area (Å²) < 4.78 is 5.06. The van der Waals surface area contributed by atoms with Crippen molar-refractivity contribution in [3.63, 3.8) is 0 Å². The predicted molar refractivity (Wildman–Crippen MR) is 86.5 cm³/mol. The number of fused-ring (bicyclic) bond motifs is 2. The van der Waals surface area contributed by atoms with Crippen molar-refractivity contribution in [2.75, 3.05) is 11.9 Å². The summed E-state index contributed by atoms with van der Waals surface area (Å²) in [6.07, 6.45) is 5.85. The molecule has 0 aliphatic heterocycles. The monoisotopic (exact) mass is 350 g/mol. The topological polar surface area (TPSA) is 98.5 Å². The van der Waals surface area contributed by atoms with Gasteiger partial charge in [-0.15, -0.1) is 0 Å². The summed E-state index contributed by atoms with van der Waals surface area (Å²) in [5, 5.41) is 13.5. The normalized spacial score (nSPS) is 24.0. The Morgan fingerprint density at radius 1 is 1.33 bits per heavy atom. The zero-order valence-corrected chi connectivity index (χ0v) is 13.4. The van der Waals surface area contributed by atoms with Crippen LogP contribution in [0.25, 0.3) is 0 Å². The Balaban J connectivity index is 1.56. The minimum absolute atomic E-state index is 0.00769. The Morgan fingerprint density at radius 3 is 2.75 bits per heavy atom. The van der Waals surface area contributed by atoms with Crippen molar-refractivity contribution < 1.29 is 19.2 Å². The highest BCUT2D eigenvalue weighted by Gasteiger charge is 2.40. The average Bonchev–Trinajstić information content (AvgIpc) is 3.17. The number of carbonyl (C=O) groups excluding carboxylic acids is 2. The molecule has 1 N–H and O–H groups in total. The third kappa shape index (κ3) is 3.41. The summed E-state index contributed by atoms with van der Waals surface area (Å²) in [6, 6.07) is 3.91. The first kappa shape index (κ1) is 16.4. The number of nitro benzene ring substituents is 1. The van der Waals surface area contributed by atoms with E-state index in [1.807, 2.05) is 6.08 Å². The fourth-order valence-corrected chi connectivity index (χ4v) is 3.41. The number of halogens is 1. The quantitative estimate of drug-likeness (QED) is 0.381. The Morgan fingerprint density at radius 2 is 2.12 bits per heavy atom. The second-order valence-electron chi connectivity index (χ2n) is 5.96. The number of benzene rings is 1. The van der Waals surface area contributed by atoms with E-state index in [0.717, 1.165) is 18.9 Å². The van der Waals surface area contributed by atoms with Crippen molar-refractivity contribution in [2.24, 2.45) is 17.8 Å². The third-order valence-electron chi connectivity index (χ3n) is 4.36. The lowest BCUT2D eigenvalue weighted by molar-refractivity contribution is -0.383. The van der Waals surface area contributed by atoms with Crippen molar-refractivity contribution in [2.45, 2.75) is 12.8 Å². The maximum atomic E-state index is 12.1. The second-order valence-corrected chi connectivity index (χ2v) is 6.40. The first-order chi connectivity index (χ1) is 11.4. The van der Waals surface area contributed by atoms with Crippen LogP contribution in [-0.4, -0.2) is 23.4 Å². The van der Waals surface area contributed by atoms with E-state index in [2.05, 4.69) is 11.4 Å². The Kier molecular flexibility index (Phi) is 4.53. The lowest BCUT2D eigenvalue weighted by Crippen LogP contribution is -2.26. The van der Waals surface area contributed by atoms with Crippen LogP contribution in [0.1, 0.15) is 12.8 Å². The number of hydrogen-bond acceptors (Lipinski definition) is 5. The largest absolute Gasteiger partial charge is 0.455 e. The minimum Gasteiger partial charge on any atom is -0.455 e. The van der Waals surface area contributed by atoms with Gasteiger partial charge in [0.15, 0.2) is 6.61 Å². The minimum atomic E-state index is -0.644. The molecule has 7 nitrogen and oxygen atoms in total. The number of allylic oxidation sites excluding steroid dienone is 2. The summed E-state index contributed by atoms with van der Waals surface area (Å²) in [5.41, 5.74) is -0.311. The third-order valence-corrected chi connectivity index (χ3v) is 4.59. The highest BCUT2D eigenvalue weighted by Crippen LogP contribution is 2.43. The van der Waals surface area contributed by atoms with Crippen molar-refractivity contribution in [3.05, 3.63) is 45.5 Å². The summed E-state index contributed by atoms with van der Waals surface area (Å²) in [4.78, 5) is 34.3. The molecule has 0 unspecified atom stereocenters. The van der Waals surface area contributed by atoms with E-state index < -0.39 is 23.4 Å². The molecule has 2 aliphatic carbocycles. The number of nitro groups is 1. The first-order valence-electron chi connectivity index (χ1n) is 7.53. The number of anilines is 1. The molecule has 1 amide bonds. The number of nitrogens with zero attached hydrogens (tertiary/aromatic N) is 1. The van der Waals surface area contributed by atoms with E-state index >= 15 is 0 Å². The maximum Gasteiger partial charge on any atom is 0.310 e. The number of carbonyl (C=O) groups is 2. The van der Waals surface area contributed by atoms with Gasteiger partial charge in [0.05, 0.1) is 10.8 Å². The van der Waals surface area contributed by atoms with E-state index in [1.54, 1.807) is 0 Å². The molecule has 0 aromatic heterocycles. The molecule has 1 saturated carbocycles. The van der Waals surface area contributed by atoms with Gasteiger partial charge >= 0.3 is 5.97 Å².